The van der Waals surface area contributed by atoms with E-state index in [9.17, 15) is 0 Å². The van der Waals surface area contributed by atoms with Gasteiger partial charge in [0.15, 0.2) is 17.5 Å². The van der Waals surface area contributed by atoms with E-state index in [0.717, 1.165) is 18.9 Å². The second-order valence-electron chi connectivity index (χ2n) is 4.02. The van der Waals surface area contributed by atoms with Crippen molar-refractivity contribution >= 4 is 11.6 Å². The van der Waals surface area contributed by atoms with Crippen LogP contribution in [0, 0.1) is 0 Å². The van der Waals surface area contributed by atoms with Crippen molar-refractivity contribution in [2.45, 2.75) is 26.9 Å². The van der Waals surface area contributed by atoms with Crippen molar-refractivity contribution in [1.29, 1.82) is 0 Å². The molecule has 0 atom stereocenters. The minimum Gasteiger partial charge on any atom is -0.490 e. The Bertz CT molecular complexity index is 554. The Morgan fingerprint density at radius 3 is 2.60 bits per heavy atom. The Kier molecular flexibility index (Phi) is 4.70. The fourth-order valence-electron chi connectivity index (χ4n) is 1.83. The number of ether oxygens (including phenoxy) is 1. The van der Waals surface area contributed by atoms with Crippen LogP contribution in [0.2, 0.25) is 0 Å². The monoisotopic (exact) mass is 277 g/mol. The van der Waals surface area contributed by atoms with E-state index in [-0.39, 0.29) is 0 Å². The van der Waals surface area contributed by atoms with E-state index in [0.29, 0.717) is 23.9 Å². The van der Waals surface area contributed by atoms with Gasteiger partial charge in [-0.2, -0.15) is 0 Å². The second-order valence-corrected chi connectivity index (χ2v) is 4.02. The predicted molar refractivity (Wildman–Crippen MR) is 75.8 cm³/mol. The smallest absolute Gasteiger partial charge is 0.204 e. The number of hydrogen-bond donors (Lipinski definition) is 2. The van der Waals surface area contributed by atoms with Gasteiger partial charge >= 0.3 is 0 Å². The highest BCUT2D eigenvalue weighted by Crippen LogP contribution is 2.28. The summed E-state index contributed by atoms with van der Waals surface area (Å²) in [5.41, 5.74) is 0. The third-order valence-electron chi connectivity index (χ3n) is 2.80. The largest absolute Gasteiger partial charge is 0.490 e. The van der Waals surface area contributed by atoms with Crippen LogP contribution in [0.15, 0.2) is 12.7 Å². The second kappa shape index (κ2) is 6.69. The normalized spacial score (nSPS) is 10.3. The molecule has 0 saturated heterocycles. The fourth-order valence-corrected chi connectivity index (χ4v) is 1.83. The first-order valence-corrected chi connectivity index (χ1v) is 6.53. The summed E-state index contributed by atoms with van der Waals surface area (Å²) < 4.78 is 7.33. The molecule has 0 aromatic carbocycles. The molecule has 8 heteroatoms. The van der Waals surface area contributed by atoms with Gasteiger partial charge in [0.05, 0.1) is 13.7 Å². The summed E-state index contributed by atoms with van der Waals surface area (Å²) in [5.74, 6) is 2.74. The van der Waals surface area contributed by atoms with E-state index >= 15 is 0 Å². The van der Waals surface area contributed by atoms with Crippen LogP contribution in [0.4, 0.5) is 11.6 Å². The molecule has 8 nitrogen and oxygen atoms in total. The number of rotatable bonds is 7. The van der Waals surface area contributed by atoms with Gasteiger partial charge in [0.1, 0.15) is 12.7 Å². The third kappa shape index (κ3) is 2.95. The Labute approximate surface area is 117 Å². The Morgan fingerprint density at radius 2 is 1.95 bits per heavy atom. The van der Waals surface area contributed by atoms with E-state index in [1.807, 2.05) is 18.4 Å². The van der Waals surface area contributed by atoms with Gasteiger partial charge in [-0.3, -0.25) is 0 Å². The Balaban J connectivity index is 2.15. The molecule has 0 saturated carbocycles. The summed E-state index contributed by atoms with van der Waals surface area (Å²) in [6.07, 6.45) is 3.20. The number of nitrogens with one attached hydrogen (secondary N) is 2. The summed E-state index contributed by atoms with van der Waals surface area (Å²) in [7, 11) is 1.60. The number of methoxy groups -OCH3 is 1. The molecule has 0 aliphatic rings. The van der Waals surface area contributed by atoms with Gasteiger partial charge < -0.3 is 19.9 Å². The van der Waals surface area contributed by atoms with E-state index in [2.05, 4.69) is 30.8 Å². The molecule has 2 rings (SSSR count). The molecule has 2 heterocycles. The van der Waals surface area contributed by atoms with Crippen LogP contribution in [0.1, 0.15) is 19.7 Å². The lowest BCUT2D eigenvalue weighted by Gasteiger charge is -2.13. The third-order valence-corrected chi connectivity index (χ3v) is 2.80. The van der Waals surface area contributed by atoms with E-state index in [1.165, 1.54) is 6.33 Å². The van der Waals surface area contributed by atoms with Gasteiger partial charge in [0, 0.05) is 13.1 Å². The maximum atomic E-state index is 5.36. The van der Waals surface area contributed by atoms with Gasteiger partial charge in [-0.1, -0.05) is 0 Å². The molecular formula is C12H19N7O. The van der Waals surface area contributed by atoms with Gasteiger partial charge in [0.25, 0.3) is 0 Å². The van der Waals surface area contributed by atoms with Crippen molar-refractivity contribution in [3.63, 3.8) is 0 Å². The molecular weight excluding hydrogens is 258 g/mol. The molecule has 0 fully saturated rings. The van der Waals surface area contributed by atoms with E-state index < -0.39 is 0 Å². The van der Waals surface area contributed by atoms with Crippen LogP contribution in [0.5, 0.6) is 5.75 Å². The van der Waals surface area contributed by atoms with Gasteiger partial charge in [0.2, 0.25) is 5.75 Å². The highest BCUT2D eigenvalue weighted by Gasteiger charge is 2.12. The summed E-state index contributed by atoms with van der Waals surface area (Å²) >= 11 is 0. The van der Waals surface area contributed by atoms with Crippen LogP contribution >= 0.6 is 0 Å². The van der Waals surface area contributed by atoms with Gasteiger partial charge in [-0.05, 0) is 13.8 Å². The first-order chi connectivity index (χ1) is 9.80. The fraction of sp³-hybridized carbons (Fsp3) is 0.500. The predicted octanol–water partition coefficient (Wildman–Crippen LogP) is 1.14. The molecule has 0 amide bonds. The molecule has 0 aliphatic heterocycles. The first-order valence-electron chi connectivity index (χ1n) is 6.53. The number of hydrogen-bond acceptors (Lipinski definition) is 7. The average molecular weight is 277 g/mol. The number of nitrogens with zero attached hydrogens (tertiary/aromatic N) is 5. The van der Waals surface area contributed by atoms with Crippen molar-refractivity contribution in [2.75, 3.05) is 24.3 Å². The summed E-state index contributed by atoms with van der Waals surface area (Å²) in [4.78, 5) is 8.36. The van der Waals surface area contributed by atoms with Crippen LogP contribution in [0.3, 0.4) is 0 Å². The Morgan fingerprint density at radius 1 is 1.20 bits per heavy atom. The van der Waals surface area contributed by atoms with Crippen molar-refractivity contribution in [2.24, 2.45) is 0 Å². The number of aromatic nitrogens is 5. The highest BCUT2D eigenvalue weighted by atomic mass is 16.5. The number of anilines is 2. The van der Waals surface area contributed by atoms with Crippen molar-refractivity contribution in [3.05, 3.63) is 18.5 Å². The molecule has 2 aromatic rings. The zero-order valence-electron chi connectivity index (χ0n) is 11.9. The maximum Gasteiger partial charge on any atom is 0.204 e. The zero-order valence-corrected chi connectivity index (χ0v) is 11.9. The molecule has 2 N–H and O–H groups in total. The molecule has 108 valence electrons. The summed E-state index contributed by atoms with van der Waals surface area (Å²) in [6, 6.07) is 0. The van der Waals surface area contributed by atoms with Crippen molar-refractivity contribution in [1.82, 2.24) is 24.7 Å². The van der Waals surface area contributed by atoms with Gasteiger partial charge in [-0.25, -0.2) is 9.97 Å². The molecule has 0 aliphatic carbocycles. The molecule has 2 aromatic heterocycles. The lowest BCUT2D eigenvalue weighted by molar-refractivity contribution is 0.414. The molecule has 0 radical (unpaired) electrons. The minimum atomic E-state index is 0.521. The minimum absolute atomic E-state index is 0.521. The van der Waals surface area contributed by atoms with Crippen molar-refractivity contribution in [3.8, 4) is 5.75 Å². The van der Waals surface area contributed by atoms with Crippen LogP contribution in [-0.2, 0) is 13.1 Å². The molecule has 0 unspecified atom stereocenters. The summed E-state index contributed by atoms with van der Waals surface area (Å²) in [5, 5.41) is 14.3. The highest BCUT2D eigenvalue weighted by molar-refractivity contribution is 5.63. The van der Waals surface area contributed by atoms with Crippen molar-refractivity contribution < 1.29 is 4.74 Å². The van der Waals surface area contributed by atoms with Crippen LogP contribution in [0.25, 0.3) is 0 Å². The van der Waals surface area contributed by atoms with E-state index in [4.69, 9.17) is 4.74 Å². The summed E-state index contributed by atoms with van der Waals surface area (Å²) in [6.45, 7) is 6.15. The average Bonchev–Trinajstić information content (AvgIpc) is 2.93. The van der Waals surface area contributed by atoms with Gasteiger partial charge in [-0.15, -0.1) is 10.2 Å². The quantitative estimate of drug-likeness (QED) is 0.784. The van der Waals surface area contributed by atoms with Crippen LogP contribution in [-0.4, -0.2) is 38.4 Å². The van der Waals surface area contributed by atoms with Crippen LogP contribution < -0.4 is 15.4 Å². The molecule has 20 heavy (non-hydrogen) atoms. The molecule has 0 bridgehead atoms. The number of aryl methyl sites for hydroxylation is 1. The van der Waals surface area contributed by atoms with E-state index in [1.54, 1.807) is 13.4 Å². The lowest BCUT2D eigenvalue weighted by Crippen LogP contribution is -2.11. The SMILES string of the molecule is CCNc1ncnc(NCc2nncn2CC)c1OC. The maximum absolute atomic E-state index is 5.36. The Hall–Kier alpha value is -2.38. The first kappa shape index (κ1) is 14.0. The topological polar surface area (TPSA) is 89.8 Å². The lowest BCUT2D eigenvalue weighted by atomic mass is 10.4. The zero-order chi connectivity index (χ0) is 14.4. The standard InChI is InChI=1S/C12H19N7O/c1-4-13-11-10(20-3)12(16-7-15-11)14-6-9-18-17-8-19(9)5-2/h7-8H,4-6H2,1-3H3,(H2,13,14,15,16). The molecule has 0 spiro atoms.